The van der Waals surface area contributed by atoms with Gasteiger partial charge in [-0.15, -0.1) is 3.89 Å². The van der Waals surface area contributed by atoms with Gasteiger partial charge in [0.2, 0.25) is 0 Å². The fraction of sp³-hybridized carbons (Fsp3) is 0.640. The Labute approximate surface area is 225 Å². The van der Waals surface area contributed by atoms with E-state index in [2.05, 4.69) is 9.88 Å². The highest BCUT2D eigenvalue weighted by Gasteiger charge is 2.35. The van der Waals surface area contributed by atoms with E-state index in [0.717, 1.165) is 28.8 Å². The molecule has 0 saturated heterocycles. The lowest BCUT2D eigenvalue weighted by atomic mass is 9.92. The first kappa shape index (κ1) is 29.9. The minimum absolute atomic E-state index is 0.0843. The van der Waals surface area contributed by atoms with Gasteiger partial charge in [-0.2, -0.15) is 0 Å². The molecular weight excluding hydrogens is 523 g/mol. The summed E-state index contributed by atoms with van der Waals surface area (Å²) in [5, 5.41) is 0.832. The van der Waals surface area contributed by atoms with Gasteiger partial charge in [0.1, 0.15) is 12.3 Å². The van der Waals surface area contributed by atoms with Gasteiger partial charge in [0.05, 0.1) is 24.5 Å². The van der Waals surface area contributed by atoms with Crippen molar-refractivity contribution < 1.29 is 31.7 Å². The zero-order chi connectivity index (χ0) is 28.0. The molecule has 2 aromatic rings. The molecule has 4 rings (SSSR count). The average molecular weight is 560 g/mol. The predicted octanol–water partition coefficient (Wildman–Crippen LogP) is 5.69. The van der Waals surface area contributed by atoms with E-state index >= 15 is 0 Å². The molecule has 0 aromatic carbocycles. The van der Waals surface area contributed by atoms with Crippen LogP contribution in [0.3, 0.4) is 0 Å². The zero-order valence-electron chi connectivity index (χ0n) is 22.5. The summed E-state index contributed by atoms with van der Waals surface area (Å²) in [5.74, 6) is -0.0843. The number of alkyl halides is 2. The fourth-order valence-corrected chi connectivity index (χ4v) is 4.95. The quantitative estimate of drug-likeness (QED) is 0.450. The van der Waals surface area contributed by atoms with Crippen molar-refractivity contribution in [1.29, 1.82) is 0 Å². The Hall–Kier alpha value is -2.67. The molecule has 2 amide bonds. The molecule has 2 aliphatic rings. The Morgan fingerprint density at radius 3 is 2.53 bits per heavy atom. The molecule has 0 bridgehead atoms. The molecular formula is C25H36F3N5O4S. The molecule has 2 aromatic heterocycles. The second kappa shape index (κ2) is 12.9. The van der Waals surface area contributed by atoms with Crippen LogP contribution in [0.4, 0.5) is 23.1 Å². The van der Waals surface area contributed by atoms with Gasteiger partial charge in [-0.3, -0.25) is 9.69 Å². The molecule has 13 heteroatoms. The van der Waals surface area contributed by atoms with Crippen LogP contribution in [0.2, 0.25) is 0 Å². The molecule has 38 heavy (non-hydrogen) atoms. The SMILES string of the molecule is CN(CC(F)F)C(=O)OC(C)(C)C.COCN1CN(C2CCCCC2)c2c(cnc3c2ccn3SF)C1=O. The molecule has 1 fully saturated rings. The highest BCUT2D eigenvalue weighted by molar-refractivity contribution is 7.92. The Kier molecular flexibility index (Phi) is 10.2. The second-order valence-corrected chi connectivity index (χ2v) is 10.9. The topological polar surface area (TPSA) is 80.1 Å². The van der Waals surface area contributed by atoms with Crippen molar-refractivity contribution in [2.45, 2.75) is 70.9 Å². The third kappa shape index (κ3) is 7.25. The number of carbonyl (C=O) groups excluding carboxylic acids is 2. The van der Waals surface area contributed by atoms with Crippen molar-refractivity contribution in [3.8, 4) is 0 Å². The number of halogens is 3. The average Bonchev–Trinajstić information content (AvgIpc) is 3.28. The molecule has 0 unspecified atom stereocenters. The van der Waals surface area contributed by atoms with Gasteiger partial charge in [-0.25, -0.2) is 22.5 Å². The van der Waals surface area contributed by atoms with Crippen LogP contribution < -0.4 is 4.90 Å². The maximum Gasteiger partial charge on any atom is 0.410 e. The maximum absolute atomic E-state index is 13.1. The van der Waals surface area contributed by atoms with E-state index in [1.807, 2.05) is 6.07 Å². The number of rotatable bonds is 6. The first-order chi connectivity index (χ1) is 18.0. The molecule has 3 heterocycles. The molecule has 212 valence electrons. The third-order valence-corrected chi connectivity index (χ3v) is 6.72. The van der Waals surface area contributed by atoms with Gasteiger partial charge >= 0.3 is 6.09 Å². The molecule has 1 aliphatic carbocycles. The number of pyridine rings is 1. The standard InChI is InChI=1S/C17H21FN4O2S.C8H15F2NO2/c1-24-11-20-10-21(12-5-3-2-4-6-12)15-13-7-8-22(25-18)16(13)19-9-14(15)17(20)23;1-8(2,3)13-7(12)11(4)5-6(9)10/h7-9,12H,2-6,10-11H2,1H3;6H,5H2,1-4H3. The van der Waals surface area contributed by atoms with Crippen LogP contribution in [0.1, 0.15) is 63.2 Å². The number of fused-ring (bicyclic) bond motifs is 3. The lowest BCUT2D eigenvalue weighted by Gasteiger charge is -2.43. The number of anilines is 1. The monoisotopic (exact) mass is 559 g/mol. The lowest BCUT2D eigenvalue weighted by molar-refractivity contribution is 0.0167. The first-order valence-electron chi connectivity index (χ1n) is 12.5. The van der Waals surface area contributed by atoms with Crippen LogP contribution in [0.25, 0.3) is 11.0 Å². The predicted molar refractivity (Wildman–Crippen MR) is 141 cm³/mol. The van der Waals surface area contributed by atoms with Crippen LogP contribution >= 0.6 is 12.3 Å². The number of hydrogen-bond acceptors (Lipinski definition) is 7. The molecule has 1 aliphatic heterocycles. The van der Waals surface area contributed by atoms with Crippen LogP contribution in [0.15, 0.2) is 18.5 Å². The minimum Gasteiger partial charge on any atom is -0.444 e. The Balaban J connectivity index is 0.000000263. The van der Waals surface area contributed by atoms with E-state index in [-0.39, 0.29) is 25.0 Å². The third-order valence-electron chi connectivity index (χ3n) is 6.27. The highest BCUT2D eigenvalue weighted by atomic mass is 32.2. The van der Waals surface area contributed by atoms with Gasteiger partial charge in [-0.1, -0.05) is 19.3 Å². The van der Waals surface area contributed by atoms with Gasteiger partial charge in [0.25, 0.3) is 12.3 Å². The van der Waals surface area contributed by atoms with Crippen molar-refractivity contribution in [3.05, 3.63) is 24.0 Å². The lowest BCUT2D eigenvalue weighted by Crippen LogP contribution is -2.51. The summed E-state index contributed by atoms with van der Waals surface area (Å²) in [7, 11) is 2.87. The number of methoxy groups -OCH3 is 1. The van der Waals surface area contributed by atoms with Gasteiger partial charge in [0.15, 0.2) is 18.0 Å². The molecule has 0 radical (unpaired) electrons. The van der Waals surface area contributed by atoms with Crippen LogP contribution in [-0.2, 0) is 9.47 Å². The van der Waals surface area contributed by atoms with Crippen LogP contribution in [0.5, 0.6) is 0 Å². The van der Waals surface area contributed by atoms with Crippen molar-refractivity contribution in [1.82, 2.24) is 18.8 Å². The summed E-state index contributed by atoms with van der Waals surface area (Å²) < 4.78 is 48.3. The van der Waals surface area contributed by atoms with Gasteiger partial charge < -0.3 is 19.3 Å². The molecule has 9 nitrogen and oxygen atoms in total. The molecule has 0 spiro atoms. The van der Waals surface area contributed by atoms with E-state index in [0.29, 0.717) is 23.9 Å². The molecule has 0 atom stereocenters. The van der Waals surface area contributed by atoms with Crippen LogP contribution in [0, 0.1) is 0 Å². The minimum atomic E-state index is -2.53. The van der Waals surface area contributed by atoms with E-state index in [4.69, 9.17) is 9.47 Å². The van der Waals surface area contributed by atoms with Gasteiger partial charge in [-0.05, 0) is 39.7 Å². The largest absolute Gasteiger partial charge is 0.444 e. The van der Waals surface area contributed by atoms with Crippen molar-refractivity contribution in [2.75, 3.05) is 39.0 Å². The summed E-state index contributed by atoms with van der Waals surface area (Å²) in [6.07, 6.45) is 5.85. The first-order valence-corrected chi connectivity index (χ1v) is 13.2. The zero-order valence-corrected chi connectivity index (χ0v) is 23.3. The second-order valence-electron chi connectivity index (χ2n) is 10.4. The summed E-state index contributed by atoms with van der Waals surface area (Å²) in [6, 6.07) is 2.23. The Morgan fingerprint density at radius 2 is 1.95 bits per heavy atom. The summed E-state index contributed by atoms with van der Waals surface area (Å²) in [6.45, 7) is 5.19. The van der Waals surface area contributed by atoms with Crippen LogP contribution in [-0.4, -0.2) is 82.9 Å². The van der Waals surface area contributed by atoms with Gasteiger partial charge in [0, 0.05) is 38.0 Å². The fourth-order valence-electron chi connectivity index (χ4n) is 4.63. The normalized spacial score (nSPS) is 16.4. The number of ether oxygens (including phenoxy) is 2. The summed E-state index contributed by atoms with van der Waals surface area (Å²) >= 11 is 0.122. The van der Waals surface area contributed by atoms with E-state index in [9.17, 15) is 22.3 Å². The molecule has 1 saturated carbocycles. The molecule has 0 N–H and O–H groups in total. The number of hydrogen-bond donors (Lipinski definition) is 0. The number of aromatic nitrogens is 2. The van der Waals surface area contributed by atoms with Crippen molar-refractivity contribution >= 4 is 41.1 Å². The number of carbonyl (C=O) groups is 2. The highest BCUT2D eigenvalue weighted by Crippen LogP contribution is 2.39. The summed E-state index contributed by atoms with van der Waals surface area (Å²) in [5.41, 5.74) is 1.37. The van der Waals surface area contributed by atoms with E-state index < -0.39 is 24.7 Å². The van der Waals surface area contributed by atoms with Crippen molar-refractivity contribution in [3.63, 3.8) is 0 Å². The summed E-state index contributed by atoms with van der Waals surface area (Å²) in [4.78, 5) is 33.1. The Bertz CT molecular complexity index is 1100. The van der Waals surface area contributed by atoms with Crippen molar-refractivity contribution in [2.24, 2.45) is 0 Å². The Morgan fingerprint density at radius 1 is 1.26 bits per heavy atom. The van der Waals surface area contributed by atoms with E-state index in [1.54, 1.807) is 45.2 Å². The van der Waals surface area contributed by atoms with E-state index in [1.165, 1.54) is 30.3 Å². The number of nitrogens with zero attached hydrogens (tertiary/aromatic N) is 5. The number of amides is 2. The maximum atomic E-state index is 13.1. The smallest absolute Gasteiger partial charge is 0.410 e.